The molecule has 0 radical (unpaired) electrons. The Balaban J connectivity index is 1.81. The van der Waals surface area contributed by atoms with Crippen LogP contribution in [-0.2, 0) is 16.1 Å². The number of rotatable bonds is 9. The number of benzene rings is 3. The SMILES string of the molecule is CCOc1cc(/C=C(\C#N)C(=O)Nc2ccc(C(=O)OC)cc2)cc(I)c1OCc1ccc(Cl)c(Cl)c1. The minimum absolute atomic E-state index is 0.111. The molecule has 0 saturated carbocycles. The van der Waals surface area contributed by atoms with E-state index in [4.69, 9.17) is 32.7 Å². The van der Waals surface area contributed by atoms with E-state index in [1.807, 2.05) is 19.1 Å². The highest BCUT2D eigenvalue weighted by atomic mass is 127. The molecule has 0 aliphatic rings. The number of methoxy groups -OCH3 is 1. The first-order chi connectivity index (χ1) is 17.7. The number of anilines is 1. The maximum absolute atomic E-state index is 12.7. The van der Waals surface area contributed by atoms with Crippen molar-refractivity contribution in [1.29, 1.82) is 5.26 Å². The lowest BCUT2D eigenvalue weighted by Gasteiger charge is -2.15. The second kappa shape index (κ2) is 13.3. The van der Waals surface area contributed by atoms with E-state index in [9.17, 15) is 14.9 Å². The van der Waals surface area contributed by atoms with Crippen molar-refractivity contribution in [3.8, 4) is 17.6 Å². The predicted octanol–water partition coefficient (Wildman–Crippen LogP) is 6.91. The lowest BCUT2D eigenvalue weighted by Crippen LogP contribution is -2.13. The second-order valence-corrected chi connectivity index (χ2v) is 9.47. The van der Waals surface area contributed by atoms with Gasteiger partial charge in [-0.05, 0) is 95.2 Å². The van der Waals surface area contributed by atoms with Crippen molar-refractivity contribution >= 4 is 69.4 Å². The Labute approximate surface area is 238 Å². The Morgan fingerprint density at radius 2 is 1.78 bits per heavy atom. The summed E-state index contributed by atoms with van der Waals surface area (Å²) in [4.78, 5) is 24.3. The van der Waals surface area contributed by atoms with E-state index in [0.29, 0.717) is 45.0 Å². The number of hydrogen-bond donors (Lipinski definition) is 1. The minimum atomic E-state index is -0.596. The summed E-state index contributed by atoms with van der Waals surface area (Å²) in [7, 11) is 1.29. The fourth-order valence-electron chi connectivity index (χ4n) is 3.18. The van der Waals surface area contributed by atoms with Crippen LogP contribution in [-0.4, -0.2) is 25.6 Å². The number of nitrogens with zero attached hydrogens (tertiary/aromatic N) is 1. The molecule has 0 aliphatic heterocycles. The molecule has 1 amide bonds. The summed E-state index contributed by atoms with van der Waals surface area (Å²) < 4.78 is 17.2. The molecule has 0 spiro atoms. The molecular weight excluding hydrogens is 630 g/mol. The maximum Gasteiger partial charge on any atom is 0.337 e. The van der Waals surface area contributed by atoms with Crippen molar-refractivity contribution in [2.75, 3.05) is 19.0 Å². The van der Waals surface area contributed by atoms with E-state index in [1.54, 1.807) is 36.4 Å². The third-order valence-corrected chi connectivity index (χ3v) is 6.48. The van der Waals surface area contributed by atoms with Crippen molar-refractivity contribution in [2.45, 2.75) is 13.5 Å². The number of halogens is 3. The van der Waals surface area contributed by atoms with Gasteiger partial charge in [0.2, 0.25) is 0 Å². The van der Waals surface area contributed by atoms with Crippen LogP contribution in [0.1, 0.15) is 28.4 Å². The topological polar surface area (TPSA) is 97.7 Å². The average Bonchev–Trinajstić information content (AvgIpc) is 2.88. The van der Waals surface area contributed by atoms with Crippen LogP contribution in [0.4, 0.5) is 5.69 Å². The molecule has 0 atom stereocenters. The normalized spacial score (nSPS) is 10.9. The number of amides is 1. The number of nitrogens with one attached hydrogen (secondary N) is 1. The Kier molecular flexibility index (Phi) is 10.2. The van der Waals surface area contributed by atoms with Crippen LogP contribution >= 0.6 is 45.8 Å². The Morgan fingerprint density at radius 3 is 2.41 bits per heavy atom. The first-order valence-corrected chi connectivity index (χ1v) is 12.7. The highest BCUT2D eigenvalue weighted by Gasteiger charge is 2.15. The maximum atomic E-state index is 12.7. The van der Waals surface area contributed by atoms with Gasteiger partial charge in [-0.3, -0.25) is 4.79 Å². The number of esters is 1. The molecular formula is C27H21Cl2IN2O5. The van der Waals surface area contributed by atoms with E-state index < -0.39 is 11.9 Å². The molecule has 3 rings (SSSR count). The quantitative estimate of drug-likeness (QED) is 0.117. The summed E-state index contributed by atoms with van der Waals surface area (Å²) in [6.45, 7) is 2.47. The monoisotopic (exact) mass is 650 g/mol. The van der Waals surface area contributed by atoms with E-state index in [1.165, 1.54) is 25.3 Å². The highest BCUT2D eigenvalue weighted by Crippen LogP contribution is 2.36. The van der Waals surface area contributed by atoms with Gasteiger partial charge in [0.1, 0.15) is 18.2 Å². The molecule has 0 fully saturated rings. The number of ether oxygens (including phenoxy) is 3. The van der Waals surface area contributed by atoms with Gasteiger partial charge in [-0.1, -0.05) is 29.3 Å². The summed E-state index contributed by atoms with van der Waals surface area (Å²) in [6.07, 6.45) is 1.46. The van der Waals surface area contributed by atoms with Crippen LogP contribution in [0.3, 0.4) is 0 Å². The van der Waals surface area contributed by atoms with E-state index in [0.717, 1.165) is 9.13 Å². The van der Waals surface area contributed by atoms with Gasteiger partial charge in [0.25, 0.3) is 5.91 Å². The molecule has 190 valence electrons. The van der Waals surface area contributed by atoms with Gasteiger partial charge in [-0.2, -0.15) is 5.26 Å². The van der Waals surface area contributed by atoms with Crippen molar-refractivity contribution in [2.24, 2.45) is 0 Å². The Hall–Kier alpha value is -3.26. The largest absolute Gasteiger partial charge is 0.490 e. The van der Waals surface area contributed by atoms with Crippen LogP contribution in [0.15, 0.2) is 60.2 Å². The van der Waals surface area contributed by atoms with E-state index in [2.05, 4.69) is 32.6 Å². The first kappa shape index (κ1) is 28.3. The van der Waals surface area contributed by atoms with E-state index in [-0.39, 0.29) is 12.2 Å². The van der Waals surface area contributed by atoms with Gasteiger partial charge in [0.05, 0.1) is 32.9 Å². The van der Waals surface area contributed by atoms with Gasteiger partial charge >= 0.3 is 5.97 Å². The number of hydrogen-bond acceptors (Lipinski definition) is 6. The fraction of sp³-hybridized carbons (Fsp3) is 0.148. The smallest absolute Gasteiger partial charge is 0.337 e. The number of nitriles is 1. The molecule has 0 aromatic heterocycles. The zero-order valence-corrected chi connectivity index (χ0v) is 23.5. The Morgan fingerprint density at radius 1 is 1.05 bits per heavy atom. The molecule has 1 N–H and O–H groups in total. The molecule has 0 saturated heterocycles. The van der Waals surface area contributed by atoms with Crippen LogP contribution in [0.25, 0.3) is 6.08 Å². The van der Waals surface area contributed by atoms with Crippen LogP contribution < -0.4 is 14.8 Å². The fourth-order valence-corrected chi connectivity index (χ4v) is 4.28. The van der Waals surface area contributed by atoms with Gasteiger partial charge < -0.3 is 19.5 Å². The lowest BCUT2D eigenvalue weighted by molar-refractivity contribution is -0.112. The summed E-state index contributed by atoms with van der Waals surface area (Å²) >= 11 is 14.2. The number of carbonyl (C=O) groups is 2. The average molecular weight is 651 g/mol. The molecule has 3 aromatic carbocycles. The van der Waals surface area contributed by atoms with Crippen LogP contribution in [0.2, 0.25) is 10.0 Å². The summed E-state index contributed by atoms with van der Waals surface area (Å²) in [6, 6.07) is 16.8. The molecule has 0 heterocycles. The van der Waals surface area contributed by atoms with Gasteiger partial charge in [0.15, 0.2) is 11.5 Å². The van der Waals surface area contributed by atoms with Crippen LogP contribution in [0.5, 0.6) is 11.5 Å². The van der Waals surface area contributed by atoms with Crippen molar-refractivity contribution in [1.82, 2.24) is 0 Å². The molecule has 0 aliphatic carbocycles. The highest BCUT2D eigenvalue weighted by molar-refractivity contribution is 14.1. The molecule has 7 nitrogen and oxygen atoms in total. The third-order valence-electron chi connectivity index (χ3n) is 4.94. The minimum Gasteiger partial charge on any atom is -0.490 e. The zero-order valence-electron chi connectivity index (χ0n) is 19.8. The first-order valence-electron chi connectivity index (χ1n) is 10.9. The summed E-state index contributed by atoms with van der Waals surface area (Å²) in [5, 5.41) is 13.2. The lowest BCUT2D eigenvalue weighted by atomic mass is 10.1. The van der Waals surface area contributed by atoms with Crippen molar-refractivity contribution in [3.05, 3.63) is 90.5 Å². The molecule has 37 heavy (non-hydrogen) atoms. The standard InChI is InChI=1S/C27H21Cl2IN2O5/c1-3-36-24-13-17(12-23(30)25(24)37-15-16-4-9-21(28)22(29)11-16)10-19(14-31)26(33)32-20-7-5-18(6-8-20)27(34)35-2/h4-13H,3,15H2,1-2H3,(H,32,33)/b19-10+. The zero-order chi connectivity index (χ0) is 26.9. The molecule has 0 bridgehead atoms. The summed E-state index contributed by atoms with van der Waals surface area (Å²) in [5.74, 6) is -0.0862. The molecule has 3 aromatic rings. The van der Waals surface area contributed by atoms with Gasteiger partial charge in [0, 0.05) is 5.69 Å². The molecule has 10 heteroatoms. The van der Waals surface area contributed by atoms with E-state index >= 15 is 0 Å². The summed E-state index contributed by atoms with van der Waals surface area (Å²) in [5.41, 5.74) is 2.08. The predicted molar refractivity (Wildman–Crippen MR) is 151 cm³/mol. The van der Waals surface area contributed by atoms with Crippen molar-refractivity contribution < 1.29 is 23.8 Å². The van der Waals surface area contributed by atoms with Gasteiger partial charge in [-0.15, -0.1) is 0 Å². The number of carbonyl (C=O) groups excluding carboxylic acids is 2. The Bertz CT molecular complexity index is 1380. The van der Waals surface area contributed by atoms with Crippen LogP contribution in [0, 0.1) is 14.9 Å². The van der Waals surface area contributed by atoms with Crippen molar-refractivity contribution in [3.63, 3.8) is 0 Å². The third kappa shape index (κ3) is 7.61. The second-order valence-electron chi connectivity index (χ2n) is 7.49. The molecule has 0 unspecified atom stereocenters. The van der Waals surface area contributed by atoms with Gasteiger partial charge in [-0.25, -0.2) is 4.79 Å².